The first-order valence-electron chi connectivity index (χ1n) is 7.90. The Bertz CT molecular complexity index is 1050. The van der Waals surface area contributed by atoms with E-state index in [0.717, 1.165) is 22.2 Å². The highest BCUT2D eigenvalue weighted by atomic mass is 16.1. The van der Waals surface area contributed by atoms with Gasteiger partial charge in [0.15, 0.2) is 0 Å². The fourth-order valence-electron chi connectivity index (χ4n) is 2.94. The SMILES string of the molecule is O=c1cnc2ccccc2n1Cc1cccc(-c2ccccc2)c1. The molecule has 0 saturated heterocycles. The second kappa shape index (κ2) is 6.13. The van der Waals surface area contributed by atoms with Gasteiger partial charge in [-0.3, -0.25) is 4.79 Å². The summed E-state index contributed by atoms with van der Waals surface area (Å²) in [7, 11) is 0. The summed E-state index contributed by atoms with van der Waals surface area (Å²) in [4.78, 5) is 16.5. The number of aromatic nitrogens is 2. The van der Waals surface area contributed by atoms with Gasteiger partial charge in [-0.1, -0.05) is 60.7 Å². The van der Waals surface area contributed by atoms with Gasteiger partial charge in [-0.05, 0) is 34.9 Å². The van der Waals surface area contributed by atoms with Gasteiger partial charge in [-0.15, -0.1) is 0 Å². The number of rotatable bonds is 3. The zero-order valence-corrected chi connectivity index (χ0v) is 13.1. The van der Waals surface area contributed by atoms with Crippen LogP contribution in [0.1, 0.15) is 5.56 Å². The molecule has 0 N–H and O–H groups in total. The quantitative estimate of drug-likeness (QED) is 0.570. The number of hydrogen-bond acceptors (Lipinski definition) is 2. The predicted molar refractivity (Wildman–Crippen MR) is 97.0 cm³/mol. The Labute approximate surface area is 139 Å². The molecule has 4 rings (SSSR count). The largest absolute Gasteiger partial charge is 0.301 e. The molecule has 24 heavy (non-hydrogen) atoms. The van der Waals surface area contributed by atoms with Crippen molar-refractivity contribution in [1.82, 2.24) is 9.55 Å². The minimum atomic E-state index is -0.0844. The molecule has 3 nitrogen and oxygen atoms in total. The zero-order valence-electron chi connectivity index (χ0n) is 13.1. The topological polar surface area (TPSA) is 34.9 Å². The van der Waals surface area contributed by atoms with Crippen molar-refractivity contribution in [3.05, 3.63) is 101 Å². The molecule has 0 aliphatic rings. The van der Waals surface area contributed by atoms with Crippen molar-refractivity contribution < 1.29 is 0 Å². The lowest BCUT2D eigenvalue weighted by molar-refractivity contribution is 0.787. The molecule has 0 bridgehead atoms. The van der Waals surface area contributed by atoms with E-state index in [-0.39, 0.29) is 5.56 Å². The summed E-state index contributed by atoms with van der Waals surface area (Å²) < 4.78 is 1.77. The third-order valence-electron chi connectivity index (χ3n) is 4.13. The fraction of sp³-hybridized carbons (Fsp3) is 0.0476. The molecule has 0 amide bonds. The van der Waals surface area contributed by atoms with Gasteiger partial charge in [0.1, 0.15) is 0 Å². The summed E-state index contributed by atoms with van der Waals surface area (Å²) in [5.41, 5.74) is 5.02. The predicted octanol–water partition coefficient (Wildman–Crippen LogP) is 4.11. The van der Waals surface area contributed by atoms with Gasteiger partial charge in [-0.2, -0.15) is 0 Å². The molecule has 0 saturated carbocycles. The highest BCUT2D eigenvalue weighted by Gasteiger charge is 2.05. The van der Waals surface area contributed by atoms with E-state index in [2.05, 4.69) is 29.2 Å². The van der Waals surface area contributed by atoms with Crippen molar-refractivity contribution in [3.63, 3.8) is 0 Å². The van der Waals surface area contributed by atoms with E-state index in [9.17, 15) is 4.79 Å². The maximum Gasteiger partial charge on any atom is 0.269 e. The van der Waals surface area contributed by atoms with Gasteiger partial charge in [0.2, 0.25) is 0 Å². The van der Waals surface area contributed by atoms with E-state index < -0.39 is 0 Å². The van der Waals surface area contributed by atoms with Crippen molar-refractivity contribution >= 4 is 11.0 Å². The number of para-hydroxylation sites is 2. The average molecular weight is 312 g/mol. The van der Waals surface area contributed by atoms with Crippen LogP contribution in [0.15, 0.2) is 89.9 Å². The molecule has 3 heteroatoms. The standard InChI is InChI=1S/C21H16N2O/c24-21-14-22-19-11-4-5-12-20(19)23(21)15-16-7-6-10-18(13-16)17-8-2-1-3-9-17/h1-14H,15H2. The lowest BCUT2D eigenvalue weighted by Gasteiger charge is -2.11. The summed E-state index contributed by atoms with van der Waals surface area (Å²) in [6.07, 6.45) is 1.39. The van der Waals surface area contributed by atoms with Crippen molar-refractivity contribution in [2.24, 2.45) is 0 Å². The van der Waals surface area contributed by atoms with Gasteiger partial charge < -0.3 is 4.57 Å². The van der Waals surface area contributed by atoms with Crippen molar-refractivity contribution in [1.29, 1.82) is 0 Å². The van der Waals surface area contributed by atoms with E-state index in [1.807, 2.05) is 54.6 Å². The molecule has 0 atom stereocenters. The van der Waals surface area contributed by atoms with Gasteiger partial charge in [0.05, 0.1) is 23.8 Å². The molecule has 0 spiro atoms. The summed E-state index contributed by atoms with van der Waals surface area (Å²) in [5.74, 6) is 0. The zero-order chi connectivity index (χ0) is 16.4. The summed E-state index contributed by atoms with van der Waals surface area (Å²) in [6, 6.07) is 26.3. The lowest BCUT2D eigenvalue weighted by Crippen LogP contribution is -2.21. The van der Waals surface area contributed by atoms with E-state index >= 15 is 0 Å². The smallest absolute Gasteiger partial charge is 0.269 e. The van der Waals surface area contributed by atoms with E-state index in [1.165, 1.54) is 11.8 Å². The highest BCUT2D eigenvalue weighted by molar-refractivity contribution is 5.74. The fourth-order valence-corrected chi connectivity index (χ4v) is 2.94. The second-order valence-electron chi connectivity index (χ2n) is 5.74. The molecule has 4 aromatic rings. The van der Waals surface area contributed by atoms with Crippen LogP contribution in [-0.4, -0.2) is 9.55 Å². The Balaban J connectivity index is 1.77. The first kappa shape index (κ1) is 14.4. The maximum absolute atomic E-state index is 12.3. The van der Waals surface area contributed by atoms with Crippen LogP contribution in [0, 0.1) is 0 Å². The third-order valence-corrected chi connectivity index (χ3v) is 4.13. The maximum atomic E-state index is 12.3. The van der Waals surface area contributed by atoms with Crippen LogP contribution < -0.4 is 5.56 Å². The van der Waals surface area contributed by atoms with Crippen molar-refractivity contribution in [3.8, 4) is 11.1 Å². The van der Waals surface area contributed by atoms with Crippen molar-refractivity contribution in [2.45, 2.75) is 6.54 Å². The average Bonchev–Trinajstić information content (AvgIpc) is 2.65. The van der Waals surface area contributed by atoms with E-state index in [1.54, 1.807) is 4.57 Å². The van der Waals surface area contributed by atoms with Gasteiger partial charge in [0, 0.05) is 0 Å². The molecule has 0 radical (unpaired) electrons. The van der Waals surface area contributed by atoms with Gasteiger partial charge in [0.25, 0.3) is 5.56 Å². The molecule has 0 aliphatic heterocycles. The Morgan fingerprint density at radius 1 is 0.792 bits per heavy atom. The van der Waals surface area contributed by atoms with Crippen molar-refractivity contribution in [2.75, 3.05) is 0 Å². The van der Waals surface area contributed by atoms with Crippen LogP contribution >= 0.6 is 0 Å². The molecule has 1 heterocycles. The van der Waals surface area contributed by atoms with Gasteiger partial charge >= 0.3 is 0 Å². The normalized spacial score (nSPS) is 10.8. The Morgan fingerprint density at radius 2 is 1.54 bits per heavy atom. The number of hydrogen-bond donors (Lipinski definition) is 0. The Hall–Kier alpha value is -3.20. The molecule has 116 valence electrons. The van der Waals surface area contributed by atoms with Crippen LogP contribution in [0.5, 0.6) is 0 Å². The van der Waals surface area contributed by atoms with Crippen LogP contribution in [0.4, 0.5) is 0 Å². The monoisotopic (exact) mass is 312 g/mol. The molecule has 0 unspecified atom stereocenters. The minimum Gasteiger partial charge on any atom is -0.301 e. The second-order valence-corrected chi connectivity index (χ2v) is 5.74. The summed E-state index contributed by atoms with van der Waals surface area (Å²) in [6.45, 7) is 0.530. The lowest BCUT2D eigenvalue weighted by atomic mass is 10.0. The number of benzene rings is 3. The first-order valence-corrected chi connectivity index (χ1v) is 7.90. The van der Waals surface area contributed by atoms with Crippen LogP contribution in [-0.2, 0) is 6.54 Å². The minimum absolute atomic E-state index is 0.0844. The van der Waals surface area contributed by atoms with E-state index in [0.29, 0.717) is 6.54 Å². The van der Waals surface area contributed by atoms with Crippen LogP contribution in [0.25, 0.3) is 22.2 Å². The highest BCUT2D eigenvalue weighted by Crippen LogP contribution is 2.20. The molecule has 3 aromatic carbocycles. The summed E-state index contributed by atoms with van der Waals surface area (Å²) in [5, 5.41) is 0. The number of nitrogens with zero attached hydrogens (tertiary/aromatic N) is 2. The van der Waals surface area contributed by atoms with Crippen LogP contribution in [0.2, 0.25) is 0 Å². The molecular formula is C21H16N2O. The van der Waals surface area contributed by atoms with E-state index in [4.69, 9.17) is 0 Å². The molecule has 0 fully saturated rings. The van der Waals surface area contributed by atoms with Gasteiger partial charge in [-0.25, -0.2) is 4.98 Å². The Kier molecular flexibility index (Phi) is 3.67. The summed E-state index contributed by atoms with van der Waals surface area (Å²) >= 11 is 0. The molecule has 1 aromatic heterocycles. The van der Waals surface area contributed by atoms with Crippen LogP contribution in [0.3, 0.4) is 0 Å². The molecule has 0 aliphatic carbocycles. The first-order chi connectivity index (χ1) is 11.8. The molecular weight excluding hydrogens is 296 g/mol. The number of fused-ring (bicyclic) bond motifs is 1. The third kappa shape index (κ3) is 2.72. The Morgan fingerprint density at radius 3 is 2.42 bits per heavy atom.